The Morgan fingerprint density at radius 1 is 0.960 bits per heavy atom. The van der Waals surface area contributed by atoms with Crippen LogP contribution in [0.25, 0.3) is 0 Å². The molecule has 0 atom stereocenters. The van der Waals surface area contributed by atoms with E-state index in [9.17, 15) is 9.59 Å². The van der Waals surface area contributed by atoms with E-state index in [0.717, 1.165) is 34.0 Å². The maximum atomic E-state index is 12.9. The molecule has 0 aromatic heterocycles. The first-order chi connectivity index (χ1) is 12.2. The Balaban J connectivity index is 1.84. The van der Waals surface area contributed by atoms with Crippen LogP contribution in [0.15, 0.2) is 58.3 Å². The third-order valence-electron chi connectivity index (χ3n) is 4.34. The van der Waals surface area contributed by atoms with Crippen molar-refractivity contribution in [3.05, 3.63) is 48.5 Å². The van der Waals surface area contributed by atoms with E-state index < -0.39 is 0 Å². The molecule has 0 radical (unpaired) electrons. The second-order valence-electron chi connectivity index (χ2n) is 5.89. The van der Waals surface area contributed by atoms with Gasteiger partial charge in [0.05, 0.1) is 17.3 Å². The maximum Gasteiger partial charge on any atom is 0.309 e. The van der Waals surface area contributed by atoms with Crippen LogP contribution in [0, 0.1) is 5.92 Å². The average molecular weight is 355 g/mol. The minimum absolute atomic E-state index is 0.149. The SMILES string of the molecule is CCC(CC)C(=O)OCC(=O)N1c2ccccc2Sc2ccccc21. The zero-order chi connectivity index (χ0) is 17.8. The maximum absolute atomic E-state index is 12.9. The van der Waals surface area contributed by atoms with Crippen LogP contribution in [-0.2, 0) is 14.3 Å². The van der Waals surface area contributed by atoms with Gasteiger partial charge >= 0.3 is 5.97 Å². The third-order valence-corrected chi connectivity index (χ3v) is 5.47. The van der Waals surface area contributed by atoms with Crippen LogP contribution in [-0.4, -0.2) is 18.5 Å². The Labute approximate surface area is 152 Å². The van der Waals surface area contributed by atoms with Gasteiger partial charge in [-0.3, -0.25) is 14.5 Å². The van der Waals surface area contributed by atoms with Gasteiger partial charge in [-0.2, -0.15) is 0 Å². The Morgan fingerprint density at radius 2 is 1.48 bits per heavy atom. The van der Waals surface area contributed by atoms with Gasteiger partial charge in [0.2, 0.25) is 0 Å². The van der Waals surface area contributed by atoms with E-state index in [4.69, 9.17) is 4.74 Å². The van der Waals surface area contributed by atoms with Crippen molar-refractivity contribution in [2.45, 2.75) is 36.5 Å². The van der Waals surface area contributed by atoms with Gasteiger partial charge in [0.15, 0.2) is 6.61 Å². The van der Waals surface area contributed by atoms with E-state index in [1.807, 2.05) is 62.4 Å². The summed E-state index contributed by atoms with van der Waals surface area (Å²) in [4.78, 5) is 28.6. The number of anilines is 2. The predicted molar refractivity (Wildman–Crippen MR) is 99.2 cm³/mol. The van der Waals surface area contributed by atoms with E-state index in [2.05, 4.69) is 0 Å². The number of rotatable bonds is 5. The van der Waals surface area contributed by atoms with Crippen molar-refractivity contribution in [2.24, 2.45) is 5.92 Å². The van der Waals surface area contributed by atoms with Gasteiger partial charge < -0.3 is 4.74 Å². The molecule has 130 valence electrons. The predicted octanol–water partition coefficient (Wildman–Crippen LogP) is 4.80. The molecular weight excluding hydrogens is 334 g/mol. The number of carbonyl (C=O) groups excluding carboxylic acids is 2. The summed E-state index contributed by atoms with van der Waals surface area (Å²) in [6.07, 6.45) is 1.44. The number of amides is 1. The van der Waals surface area contributed by atoms with Crippen molar-refractivity contribution in [3.63, 3.8) is 0 Å². The molecule has 0 fully saturated rings. The number of benzene rings is 2. The number of esters is 1. The van der Waals surface area contributed by atoms with Crippen LogP contribution in [0.2, 0.25) is 0 Å². The Bertz CT molecular complexity index is 741. The molecule has 2 aromatic rings. The lowest BCUT2D eigenvalue weighted by atomic mass is 10.0. The molecule has 5 heteroatoms. The summed E-state index contributed by atoms with van der Waals surface area (Å²) in [5.41, 5.74) is 1.66. The number of nitrogens with zero attached hydrogens (tertiary/aromatic N) is 1. The Morgan fingerprint density at radius 3 is 2.00 bits per heavy atom. The van der Waals surface area contributed by atoms with Crippen molar-refractivity contribution in [1.29, 1.82) is 0 Å². The highest BCUT2D eigenvalue weighted by Crippen LogP contribution is 2.47. The van der Waals surface area contributed by atoms with E-state index >= 15 is 0 Å². The molecule has 0 aliphatic carbocycles. The first-order valence-corrected chi connectivity index (χ1v) is 9.32. The molecule has 4 nitrogen and oxygen atoms in total. The number of hydrogen-bond acceptors (Lipinski definition) is 4. The summed E-state index contributed by atoms with van der Waals surface area (Å²) < 4.78 is 5.29. The van der Waals surface area contributed by atoms with E-state index in [1.165, 1.54) is 0 Å². The van der Waals surface area contributed by atoms with Crippen molar-refractivity contribution in [2.75, 3.05) is 11.5 Å². The lowest BCUT2D eigenvalue weighted by Crippen LogP contribution is -2.33. The van der Waals surface area contributed by atoms with Crippen LogP contribution in [0.5, 0.6) is 0 Å². The van der Waals surface area contributed by atoms with Crippen LogP contribution in [0.3, 0.4) is 0 Å². The van der Waals surface area contributed by atoms with Crippen LogP contribution in [0.1, 0.15) is 26.7 Å². The molecule has 1 aliphatic heterocycles. The zero-order valence-corrected chi connectivity index (χ0v) is 15.2. The topological polar surface area (TPSA) is 46.6 Å². The summed E-state index contributed by atoms with van der Waals surface area (Å²) >= 11 is 1.64. The quantitative estimate of drug-likeness (QED) is 0.723. The molecule has 0 bridgehead atoms. The molecule has 1 heterocycles. The molecule has 0 N–H and O–H groups in total. The van der Waals surface area contributed by atoms with Gasteiger partial charge in [0.25, 0.3) is 5.91 Å². The van der Waals surface area contributed by atoms with Crippen molar-refractivity contribution < 1.29 is 14.3 Å². The molecule has 25 heavy (non-hydrogen) atoms. The molecule has 0 spiro atoms. The number of para-hydroxylation sites is 2. The van der Waals surface area contributed by atoms with Gasteiger partial charge in [0.1, 0.15) is 0 Å². The number of ether oxygens (including phenoxy) is 1. The fraction of sp³-hybridized carbons (Fsp3) is 0.300. The fourth-order valence-corrected chi connectivity index (χ4v) is 3.97. The standard InChI is InChI=1S/C20H21NO3S/c1-3-14(4-2)20(23)24-13-19(22)21-15-9-5-7-11-17(15)25-18-12-8-6-10-16(18)21/h5-12,14H,3-4,13H2,1-2H3. The van der Waals surface area contributed by atoms with Gasteiger partial charge in [-0.25, -0.2) is 0 Å². The molecule has 0 saturated heterocycles. The van der Waals surface area contributed by atoms with Gasteiger partial charge in [0, 0.05) is 9.79 Å². The highest BCUT2D eigenvalue weighted by atomic mass is 32.2. The smallest absolute Gasteiger partial charge is 0.309 e. The molecule has 1 aliphatic rings. The second kappa shape index (κ2) is 7.74. The number of carbonyl (C=O) groups is 2. The highest BCUT2D eigenvalue weighted by Gasteiger charge is 2.28. The summed E-state index contributed by atoms with van der Waals surface area (Å²) in [5, 5.41) is 0. The van der Waals surface area contributed by atoms with Crippen molar-refractivity contribution >= 4 is 35.0 Å². The largest absolute Gasteiger partial charge is 0.455 e. The fourth-order valence-electron chi connectivity index (χ4n) is 2.91. The zero-order valence-electron chi connectivity index (χ0n) is 14.4. The minimum atomic E-state index is -0.300. The van der Waals surface area contributed by atoms with Gasteiger partial charge in [-0.05, 0) is 37.1 Å². The van der Waals surface area contributed by atoms with Crippen LogP contribution >= 0.6 is 11.8 Å². The molecule has 2 aromatic carbocycles. The minimum Gasteiger partial charge on any atom is -0.455 e. The average Bonchev–Trinajstić information content (AvgIpc) is 2.65. The molecule has 3 rings (SSSR count). The molecule has 1 amide bonds. The van der Waals surface area contributed by atoms with Crippen molar-refractivity contribution in [3.8, 4) is 0 Å². The number of fused-ring (bicyclic) bond motifs is 2. The third kappa shape index (κ3) is 3.56. The highest BCUT2D eigenvalue weighted by molar-refractivity contribution is 7.99. The lowest BCUT2D eigenvalue weighted by molar-refractivity contribution is -0.152. The monoisotopic (exact) mass is 355 g/mol. The second-order valence-corrected chi connectivity index (χ2v) is 6.97. The number of hydrogen-bond donors (Lipinski definition) is 0. The summed E-state index contributed by atoms with van der Waals surface area (Å²) in [6.45, 7) is 3.65. The van der Waals surface area contributed by atoms with E-state index in [0.29, 0.717) is 0 Å². The first-order valence-electron chi connectivity index (χ1n) is 8.51. The van der Waals surface area contributed by atoms with Crippen molar-refractivity contribution in [1.82, 2.24) is 0 Å². The molecule has 0 unspecified atom stereocenters. The Hall–Kier alpha value is -2.27. The molecular formula is C20H21NO3S. The van der Waals surface area contributed by atoms with Gasteiger partial charge in [-0.15, -0.1) is 0 Å². The summed E-state index contributed by atoms with van der Waals surface area (Å²) in [6, 6.07) is 15.5. The van der Waals surface area contributed by atoms with Crippen LogP contribution < -0.4 is 4.90 Å². The Kier molecular flexibility index (Phi) is 5.43. The lowest BCUT2D eigenvalue weighted by Gasteiger charge is -2.30. The normalized spacial score (nSPS) is 12.5. The summed E-state index contributed by atoms with van der Waals surface area (Å²) in [7, 11) is 0. The van der Waals surface area contributed by atoms with E-state index in [-0.39, 0.29) is 24.4 Å². The van der Waals surface area contributed by atoms with E-state index in [1.54, 1.807) is 16.7 Å². The molecule has 0 saturated carbocycles. The van der Waals surface area contributed by atoms with Gasteiger partial charge in [-0.1, -0.05) is 49.9 Å². The first kappa shape index (κ1) is 17.5. The van der Waals surface area contributed by atoms with Crippen LogP contribution in [0.4, 0.5) is 11.4 Å². The summed E-state index contributed by atoms with van der Waals surface area (Å²) in [5.74, 6) is -0.685.